The molecule has 3 nitrogen and oxygen atoms in total. The van der Waals surface area contributed by atoms with Crippen LogP contribution in [0.25, 0.3) is 0 Å². The second-order valence-corrected chi connectivity index (χ2v) is 5.11. The minimum atomic E-state index is -0.371. The van der Waals surface area contributed by atoms with Gasteiger partial charge in [-0.1, -0.05) is 20.3 Å². The molecule has 92 valence electrons. The first-order valence-corrected chi connectivity index (χ1v) is 6.14. The van der Waals surface area contributed by atoms with Gasteiger partial charge in [0, 0.05) is 18.4 Å². The molecule has 0 aromatic rings. The van der Waals surface area contributed by atoms with E-state index in [1.807, 2.05) is 20.8 Å². The molecule has 1 unspecified atom stereocenters. The summed E-state index contributed by atoms with van der Waals surface area (Å²) in [5.41, 5.74) is -0.315. The van der Waals surface area contributed by atoms with Crippen LogP contribution >= 0.6 is 0 Å². The van der Waals surface area contributed by atoms with E-state index in [4.69, 9.17) is 4.74 Å². The second-order valence-electron chi connectivity index (χ2n) is 5.11. The molecule has 0 spiro atoms. The first kappa shape index (κ1) is 13.4. The highest BCUT2D eigenvalue weighted by Crippen LogP contribution is 2.36. The van der Waals surface area contributed by atoms with Crippen molar-refractivity contribution in [3.63, 3.8) is 0 Å². The monoisotopic (exact) mass is 226 g/mol. The van der Waals surface area contributed by atoms with E-state index in [-0.39, 0.29) is 22.9 Å². The van der Waals surface area contributed by atoms with Gasteiger partial charge in [-0.15, -0.1) is 0 Å². The zero-order valence-corrected chi connectivity index (χ0v) is 10.5. The van der Waals surface area contributed by atoms with Gasteiger partial charge in [0.05, 0.1) is 12.5 Å². The largest absolute Gasteiger partial charge is 0.381 e. The first-order valence-electron chi connectivity index (χ1n) is 6.14. The van der Waals surface area contributed by atoms with Gasteiger partial charge in [-0.25, -0.2) is 0 Å². The van der Waals surface area contributed by atoms with Crippen molar-refractivity contribution in [2.45, 2.75) is 46.5 Å². The Balaban J connectivity index is 2.52. The summed E-state index contributed by atoms with van der Waals surface area (Å²) in [6, 6.07) is 0. The van der Waals surface area contributed by atoms with E-state index in [0.29, 0.717) is 19.6 Å². The van der Waals surface area contributed by atoms with Crippen LogP contribution in [0.2, 0.25) is 0 Å². The molecule has 0 aromatic heterocycles. The molecule has 0 aliphatic heterocycles. The van der Waals surface area contributed by atoms with E-state index in [1.54, 1.807) is 0 Å². The average Bonchev–Trinajstić information content (AvgIpc) is 2.22. The van der Waals surface area contributed by atoms with Gasteiger partial charge in [0.2, 0.25) is 0 Å². The predicted octanol–water partition coefficient (Wildman–Crippen LogP) is 2.38. The van der Waals surface area contributed by atoms with Crippen LogP contribution < -0.4 is 0 Å². The van der Waals surface area contributed by atoms with Gasteiger partial charge in [0.15, 0.2) is 0 Å². The summed E-state index contributed by atoms with van der Waals surface area (Å²) in [4.78, 5) is 23.9. The molecule has 0 N–H and O–H groups in total. The quantitative estimate of drug-likeness (QED) is 0.534. The Morgan fingerprint density at radius 2 is 2.19 bits per heavy atom. The summed E-state index contributed by atoms with van der Waals surface area (Å²) in [5.74, 6) is -0.185. The number of ether oxygens (including phenoxy) is 1. The Morgan fingerprint density at radius 1 is 1.50 bits per heavy atom. The third-order valence-corrected chi connectivity index (χ3v) is 3.36. The van der Waals surface area contributed by atoms with E-state index in [9.17, 15) is 9.59 Å². The lowest BCUT2D eigenvalue weighted by atomic mass is 9.69. The lowest BCUT2D eigenvalue weighted by molar-refractivity contribution is -0.141. The van der Waals surface area contributed by atoms with E-state index >= 15 is 0 Å². The molecule has 1 aliphatic carbocycles. The lowest BCUT2D eigenvalue weighted by Crippen LogP contribution is -2.39. The molecule has 3 heteroatoms. The Labute approximate surface area is 97.5 Å². The van der Waals surface area contributed by atoms with Crippen molar-refractivity contribution in [1.29, 1.82) is 0 Å². The molecule has 1 fully saturated rings. The van der Waals surface area contributed by atoms with Gasteiger partial charge in [-0.05, 0) is 19.8 Å². The van der Waals surface area contributed by atoms with E-state index < -0.39 is 0 Å². The average molecular weight is 226 g/mol. The maximum Gasteiger partial charge on any atom is 0.148 e. The summed E-state index contributed by atoms with van der Waals surface area (Å²) in [6.07, 6.45) is 2.98. The standard InChI is InChI=1S/C13H22O3/c1-4-16-9-7-11(14)10-6-5-8-13(2,3)12(10)15/h10H,4-9H2,1-3H3. The number of hydrogen-bond donors (Lipinski definition) is 0. The van der Waals surface area contributed by atoms with E-state index in [1.165, 1.54) is 0 Å². The molecule has 0 heterocycles. The summed E-state index contributed by atoms with van der Waals surface area (Å²) < 4.78 is 5.15. The van der Waals surface area contributed by atoms with Crippen LogP contribution in [0.3, 0.4) is 0 Å². The van der Waals surface area contributed by atoms with Crippen molar-refractivity contribution in [3.05, 3.63) is 0 Å². The number of ketones is 2. The van der Waals surface area contributed by atoms with Crippen molar-refractivity contribution in [3.8, 4) is 0 Å². The van der Waals surface area contributed by atoms with E-state index in [2.05, 4.69) is 0 Å². The summed E-state index contributed by atoms with van der Waals surface area (Å²) in [7, 11) is 0. The Kier molecular flexibility index (Phi) is 4.66. The van der Waals surface area contributed by atoms with Crippen LogP contribution in [-0.4, -0.2) is 24.8 Å². The van der Waals surface area contributed by atoms with Crippen LogP contribution in [0.15, 0.2) is 0 Å². The van der Waals surface area contributed by atoms with Crippen molar-refractivity contribution >= 4 is 11.6 Å². The lowest BCUT2D eigenvalue weighted by Gasteiger charge is -2.32. The molecule has 0 amide bonds. The van der Waals surface area contributed by atoms with Crippen LogP contribution in [0.5, 0.6) is 0 Å². The summed E-state index contributed by atoms with van der Waals surface area (Å²) >= 11 is 0. The highest BCUT2D eigenvalue weighted by molar-refractivity contribution is 6.05. The molecule has 0 saturated heterocycles. The molecular weight excluding hydrogens is 204 g/mol. The van der Waals surface area contributed by atoms with Crippen molar-refractivity contribution in [2.75, 3.05) is 13.2 Å². The normalized spacial score (nSPS) is 24.4. The molecule has 16 heavy (non-hydrogen) atoms. The zero-order chi connectivity index (χ0) is 12.2. The third kappa shape index (κ3) is 3.14. The van der Waals surface area contributed by atoms with Crippen LogP contribution in [0, 0.1) is 11.3 Å². The van der Waals surface area contributed by atoms with Gasteiger partial charge in [-0.2, -0.15) is 0 Å². The second kappa shape index (κ2) is 5.58. The third-order valence-electron chi connectivity index (χ3n) is 3.36. The predicted molar refractivity (Wildman–Crippen MR) is 62.2 cm³/mol. The van der Waals surface area contributed by atoms with E-state index in [0.717, 1.165) is 19.3 Å². The van der Waals surface area contributed by atoms with Crippen LogP contribution in [0.4, 0.5) is 0 Å². The van der Waals surface area contributed by atoms with Gasteiger partial charge in [-0.3, -0.25) is 9.59 Å². The topological polar surface area (TPSA) is 43.4 Å². The smallest absolute Gasteiger partial charge is 0.148 e. The number of carbonyl (C=O) groups excluding carboxylic acids is 2. The molecule has 0 bridgehead atoms. The SMILES string of the molecule is CCOCCC(=O)C1CCCC(C)(C)C1=O. The Morgan fingerprint density at radius 3 is 2.81 bits per heavy atom. The Bertz CT molecular complexity index is 268. The maximum absolute atomic E-state index is 12.1. The van der Waals surface area contributed by atoms with Crippen LogP contribution in [0.1, 0.15) is 46.5 Å². The maximum atomic E-state index is 12.1. The fraction of sp³-hybridized carbons (Fsp3) is 0.846. The van der Waals surface area contributed by atoms with Crippen molar-refractivity contribution < 1.29 is 14.3 Å². The minimum Gasteiger partial charge on any atom is -0.381 e. The molecule has 0 radical (unpaired) electrons. The highest BCUT2D eigenvalue weighted by Gasteiger charge is 2.40. The summed E-state index contributed by atoms with van der Waals surface area (Å²) in [5, 5.41) is 0. The molecule has 1 rings (SSSR count). The molecule has 1 atom stereocenters. The van der Waals surface area contributed by atoms with Gasteiger partial charge in [0.25, 0.3) is 0 Å². The molecular formula is C13H22O3. The molecule has 1 aliphatic rings. The molecule has 1 saturated carbocycles. The number of hydrogen-bond acceptors (Lipinski definition) is 3. The summed E-state index contributed by atoms with van der Waals surface area (Å²) in [6.45, 7) is 6.85. The number of Topliss-reactive ketones (excluding diaryl/α,β-unsaturated/α-hetero) is 2. The zero-order valence-electron chi connectivity index (χ0n) is 10.5. The van der Waals surface area contributed by atoms with Crippen LogP contribution in [-0.2, 0) is 14.3 Å². The number of carbonyl (C=O) groups is 2. The van der Waals surface area contributed by atoms with Crippen molar-refractivity contribution in [1.82, 2.24) is 0 Å². The van der Waals surface area contributed by atoms with Gasteiger partial charge in [0.1, 0.15) is 11.6 Å². The van der Waals surface area contributed by atoms with Gasteiger partial charge < -0.3 is 4.74 Å². The Hall–Kier alpha value is -0.700. The minimum absolute atomic E-state index is 0.0613. The van der Waals surface area contributed by atoms with Crippen molar-refractivity contribution in [2.24, 2.45) is 11.3 Å². The first-order chi connectivity index (χ1) is 7.49. The van der Waals surface area contributed by atoms with Gasteiger partial charge >= 0.3 is 0 Å². The molecule has 0 aromatic carbocycles. The highest BCUT2D eigenvalue weighted by atomic mass is 16.5. The number of rotatable bonds is 5. The fourth-order valence-electron chi connectivity index (χ4n) is 2.27. The fourth-order valence-corrected chi connectivity index (χ4v) is 2.27.